The second kappa shape index (κ2) is 35.5. The molecule has 1 heterocycles. The number of ether oxygens (including phenoxy) is 6. The van der Waals surface area contributed by atoms with E-state index in [2.05, 4.69) is 53.8 Å². The molecule has 4 aliphatic carbocycles. The largest absolute Gasteiger partial charge is 0.508 e. The van der Waals surface area contributed by atoms with Gasteiger partial charge in [-0.05, 0) is 155 Å². The minimum absolute atomic E-state index is 0.000259. The summed E-state index contributed by atoms with van der Waals surface area (Å²) in [6.07, 6.45) is 18.5. The van der Waals surface area contributed by atoms with Crippen LogP contribution in [0.3, 0.4) is 0 Å². The van der Waals surface area contributed by atoms with E-state index in [1.165, 1.54) is 41.8 Å². The van der Waals surface area contributed by atoms with E-state index in [1.54, 1.807) is 30.3 Å². The number of allylic oxidation sites excluding steroid dienone is 4. The van der Waals surface area contributed by atoms with Crippen molar-refractivity contribution in [2.24, 2.45) is 23.2 Å². The maximum absolute atomic E-state index is 13.4. The van der Waals surface area contributed by atoms with Crippen LogP contribution >= 0.6 is 12.2 Å². The summed E-state index contributed by atoms with van der Waals surface area (Å²) in [5.74, 6) is 1.80. The fraction of sp³-hybridized carbons (Fsp3) is 0.552. The third-order valence-electron chi connectivity index (χ3n) is 17.0. The van der Waals surface area contributed by atoms with E-state index >= 15 is 0 Å². The lowest BCUT2D eigenvalue weighted by atomic mass is 9.60. The number of rotatable bonds is 37. The molecule has 3 saturated carbocycles. The van der Waals surface area contributed by atoms with Crippen molar-refractivity contribution in [2.75, 3.05) is 91.0 Å². The third-order valence-corrected chi connectivity index (χ3v) is 17.3. The third kappa shape index (κ3) is 20.7. The van der Waals surface area contributed by atoms with Crippen molar-refractivity contribution in [3.63, 3.8) is 0 Å². The fourth-order valence-corrected chi connectivity index (χ4v) is 12.6. The van der Waals surface area contributed by atoms with Crippen LogP contribution in [0.25, 0.3) is 33.4 Å². The van der Waals surface area contributed by atoms with Gasteiger partial charge in [0.1, 0.15) is 28.6 Å². The topological polar surface area (TPSA) is 242 Å². The molecule has 86 heavy (non-hydrogen) atoms. The number of aliphatic hydroxyl groups excluding tert-OH is 1. The molecule has 5 aliphatic rings. The van der Waals surface area contributed by atoms with Crippen LogP contribution < -0.4 is 31.4 Å². The first kappa shape index (κ1) is 67.2. The highest BCUT2D eigenvalue weighted by Crippen LogP contribution is 2.59. The number of anilines is 1. The van der Waals surface area contributed by atoms with Gasteiger partial charge in [-0.15, -0.1) is 0 Å². The molecule has 2 aromatic carbocycles. The molecule has 19 heteroatoms. The highest BCUT2D eigenvalue weighted by atomic mass is 32.1. The van der Waals surface area contributed by atoms with Gasteiger partial charge in [-0.1, -0.05) is 50.1 Å². The van der Waals surface area contributed by atoms with E-state index in [1.807, 2.05) is 0 Å². The van der Waals surface area contributed by atoms with Crippen molar-refractivity contribution in [1.82, 2.24) is 16.0 Å². The molecule has 3 fully saturated rings. The number of benzene rings is 3. The molecule has 0 spiro atoms. The van der Waals surface area contributed by atoms with E-state index in [0.29, 0.717) is 167 Å². The number of hydrogen-bond acceptors (Lipinski definition) is 15. The quantitative estimate of drug-likeness (QED) is 0.0106. The number of Topliss-reactive ketones (excluding diaryl/α,β-unsaturated/α-hetero) is 1. The van der Waals surface area contributed by atoms with Gasteiger partial charge >= 0.3 is 0 Å². The number of ketones is 1. The van der Waals surface area contributed by atoms with Crippen LogP contribution in [0.2, 0.25) is 0 Å². The van der Waals surface area contributed by atoms with Crippen LogP contribution in [0.15, 0.2) is 99.3 Å². The molecule has 18 nitrogen and oxygen atoms in total. The Hall–Kier alpha value is -6.32. The van der Waals surface area contributed by atoms with E-state index in [0.717, 1.165) is 82.6 Å². The van der Waals surface area contributed by atoms with Crippen molar-refractivity contribution >= 4 is 58.1 Å². The molecule has 2 amide bonds. The number of carbonyl (C=O) groups excluding carboxylic acids is 4. The van der Waals surface area contributed by atoms with Crippen molar-refractivity contribution in [2.45, 2.75) is 129 Å². The molecule has 468 valence electrons. The smallest absolute Gasteiger partial charge is 0.298 e. The normalized spacial score (nSPS) is 19.8. The van der Waals surface area contributed by atoms with Gasteiger partial charge < -0.3 is 64.3 Å². The van der Waals surface area contributed by atoms with Crippen LogP contribution in [0.4, 0.5) is 5.69 Å². The lowest BCUT2D eigenvalue weighted by molar-refractivity contribution is -0.126. The van der Waals surface area contributed by atoms with Gasteiger partial charge in [0.15, 0.2) is 10.5 Å². The summed E-state index contributed by atoms with van der Waals surface area (Å²) >= 11 is 5.52. The molecular weight excluding hydrogens is 1120 g/mol. The summed E-state index contributed by atoms with van der Waals surface area (Å²) in [7, 11) is 0. The second-order valence-corrected chi connectivity index (χ2v) is 23.4. The molecule has 2 aromatic rings. The zero-order chi connectivity index (χ0) is 61.1. The van der Waals surface area contributed by atoms with E-state index in [-0.39, 0.29) is 59.0 Å². The molecule has 7 rings (SSSR count). The Labute approximate surface area is 511 Å². The predicted molar refractivity (Wildman–Crippen MR) is 336 cm³/mol. The average Bonchev–Trinajstić information content (AvgIpc) is 1.35. The predicted octanol–water partition coefficient (Wildman–Crippen LogP) is 10.3. The number of phenols is 1. The number of aromatic hydroxyl groups is 1. The monoisotopic (exact) mass is 1210 g/mol. The lowest BCUT2D eigenvalue weighted by Gasteiger charge is -2.44. The van der Waals surface area contributed by atoms with Gasteiger partial charge in [0.2, 0.25) is 11.8 Å². The van der Waals surface area contributed by atoms with Crippen LogP contribution in [-0.2, 0) is 42.9 Å². The number of amides is 2. The Bertz CT molecular complexity index is 2980. The first-order valence-electron chi connectivity index (χ1n) is 30.9. The number of phenolic OH excluding ortho intramolecular Hbond substituents is 1. The van der Waals surface area contributed by atoms with E-state index < -0.39 is 0 Å². The summed E-state index contributed by atoms with van der Waals surface area (Å²) in [5.41, 5.74) is 6.57. The number of aliphatic hydroxyl groups is 1. The van der Waals surface area contributed by atoms with E-state index in [4.69, 9.17) is 45.1 Å². The Morgan fingerprint density at radius 2 is 1.37 bits per heavy atom. The number of fused-ring (bicyclic) bond motifs is 3. The summed E-state index contributed by atoms with van der Waals surface area (Å²) in [4.78, 5) is 61.8. The zero-order valence-corrected chi connectivity index (χ0v) is 51.2. The van der Waals surface area contributed by atoms with Gasteiger partial charge in [-0.2, -0.15) is 0 Å². The minimum atomic E-state index is -0.268. The standard InChI is InChI=1S/C67H90N4O14S/c1-46-13-17-51(73)41-49(46)15-14-48-11-10-27-67(3)57(23-24-58(48)67)47(2)59(76)12-6-4-7-28-68-63(77)25-31-79-33-35-81-37-39-83-40-38-82-36-34-80-32-26-64(78)69-29-8-5-9-30-70-66(86)71-50-16-20-54(60(42-50)84-45-72)65-55-21-18-52(74)43-61(55)85-62-44-53(75)19-22-56(62)65/h14-16,18-22,42-45,47,51,57-58,73-74H,1,4-13,17,23-41H2,2-3H3,(H,68,77)(H,69,78)(H2,70,71,86)/b48-14+,49-15-/t47-,51?,57+,58-,67+/m0/s1. The molecule has 1 unspecified atom stereocenters. The molecule has 1 aliphatic heterocycles. The molecular formula is C67H90N4O14S. The molecule has 0 aromatic heterocycles. The Balaban J connectivity index is 0.608. The van der Waals surface area contributed by atoms with Crippen LogP contribution in [0, 0.1) is 23.2 Å². The number of unbranched alkanes of at least 4 members (excludes halogenated alkanes) is 4. The van der Waals surface area contributed by atoms with Gasteiger partial charge in [-0.25, -0.2) is 0 Å². The summed E-state index contributed by atoms with van der Waals surface area (Å²) in [5, 5.41) is 33.5. The van der Waals surface area contributed by atoms with Crippen molar-refractivity contribution in [3.05, 3.63) is 100 Å². The Morgan fingerprint density at radius 1 is 0.744 bits per heavy atom. The first-order valence-corrected chi connectivity index (χ1v) is 31.3. The number of thiocarbonyl (C=S) groups is 1. The summed E-state index contributed by atoms with van der Waals surface area (Å²) < 4.78 is 39.2. The number of carbonyl (C=O) groups is 4. The molecule has 0 saturated heterocycles. The maximum Gasteiger partial charge on any atom is 0.298 e. The maximum atomic E-state index is 13.4. The van der Waals surface area contributed by atoms with E-state index in [9.17, 15) is 34.2 Å². The van der Waals surface area contributed by atoms with Gasteiger partial charge in [0.05, 0.1) is 72.2 Å². The van der Waals surface area contributed by atoms with Crippen molar-refractivity contribution < 1.29 is 62.2 Å². The number of hydrogen-bond donors (Lipinski definition) is 6. The second-order valence-electron chi connectivity index (χ2n) is 23.0. The summed E-state index contributed by atoms with van der Waals surface area (Å²) in [6.45, 7) is 14.7. The van der Waals surface area contributed by atoms with Crippen LogP contribution in [0.1, 0.15) is 123 Å². The molecule has 6 N–H and O–H groups in total. The zero-order valence-electron chi connectivity index (χ0n) is 50.4. The summed E-state index contributed by atoms with van der Waals surface area (Å²) in [6, 6.07) is 14.4. The lowest BCUT2D eigenvalue weighted by Crippen LogP contribution is -2.38. The Kier molecular flexibility index (Phi) is 27.7. The molecule has 0 radical (unpaired) electrons. The van der Waals surface area contributed by atoms with Gasteiger partial charge in [-0.3, -0.25) is 24.0 Å². The molecule has 5 atom stereocenters. The molecule has 0 bridgehead atoms. The first-order chi connectivity index (χ1) is 41.7. The minimum Gasteiger partial charge on any atom is -0.508 e. The van der Waals surface area contributed by atoms with Gasteiger partial charge in [0.25, 0.3) is 6.47 Å². The van der Waals surface area contributed by atoms with Crippen molar-refractivity contribution in [3.8, 4) is 33.9 Å². The van der Waals surface area contributed by atoms with Crippen LogP contribution in [0.5, 0.6) is 11.5 Å². The Morgan fingerprint density at radius 3 is 2.03 bits per heavy atom. The highest BCUT2D eigenvalue weighted by Gasteiger charge is 2.51. The highest BCUT2D eigenvalue weighted by molar-refractivity contribution is 7.80. The van der Waals surface area contributed by atoms with Gasteiger partial charge in [0, 0.05) is 90.8 Å². The van der Waals surface area contributed by atoms with Crippen molar-refractivity contribution in [1.29, 1.82) is 0 Å². The average molecular weight is 1210 g/mol. The van der Waals surface area contributed by atoms with Crippen LogP contribution in [-0.4, -0.2) is 131 Å². The number of nitrogens with one attached hydrogen (secondary N) is 4. The fourth-order valence-electron chi connectivity index (χ4n) is 12.4. The SMILES string of the molecule is C=C1CCC(O)C/C1=C/C=C1\CCC[C@]2(C)[C@@H]([C@H](C)C(=O)CCCCCNC(=O)CCOCCOCCOCCOCCOCCC(=O)NCCCCCNC(=S)Nc3ccc(-c4c5ccc(=O)cc-5oc5cc(O)ccc45)c(OC=O)c3)CC[C@@H]12.